The van der Waals surface area contributed by atoms with Gasteiger partial charge in [-0.2, -0.15) is 26.3 Å². The van der Waals surface area contributed by atoms with Crippen LogP contribution < -0.4 is 9.80 Å². The topological polar surface area (TPSA) is 6.48 Å². The van der Waals surface area contributed by atoms with Gasteiger partial charge in [-0.1, -0.05) is 149 Å². The Hall–Kier alpha value is -6.54. The van der Waals surface area contributed by atoms with Crippen LogP contribution in [0.25, 0.3) is 21.5 Å². The minimum atomic E-state index is -5.83. The molecule has 0 aliphatic rings. The number of halogens is 6. The van der Waals surface area contributed by atoms with Gasteiger partial charge in [-0.05, 0) is 118 Å². The summed E-state index contributed by atoms with van der Waals surface area (Å²) >= 11 is 0. The van der Waals surface area contributed by atoms with E-state index in [2.05, 4.69) is 27.7 Å². The highest BCUT2D eigenvalue weighted by atomic mass is 19.4. The van der Waals surface area contributed by atoms with Crippen LogP contribution in [0, 0.1) is 0 Å². The molecular weight excluding hydrogens is 803 g/mol. The number of benzene rings is 8. The third-order valence-electron chi connectivity index (χ3n) is 12.6. The molecule has 8 rings (SSSR count). The molecule has 0 bridgehead atoms. The van der Waals surface area contributed by atoms with Crippen LogP contribution in [0.3, 0.4) is 0 Å². The van der Waals surface area contributed by atoms with Crippen LogP contribution in [-0.4, -0.2) is 12.4 Å². The zero-order valence-corrected chi connectivity index (χ0v) is 35.6. The number of hydrogen-bond acceptors (Lipinski definition) is 2. The predicted octanol–water partition coefficient (Wildman–Crippen LogP) is 17.4. The molecule has 0 saturated carbocycles. The molecule has 0 heterocycles. The van der Waals surface area contributed by atoms with Crippen molar-refractivity contribution in [2.45, 2.75) is 70.1 Å². The van der Waals surface area contributed by atoms with Crippen molar-refractivity contribution in [2.24, 2.45) is 0 Å². The molecule has 0 amide bonds. The molecule has 0 aromatic heterocycles. The molecule has 0 aliphatic carbocycles. The third kappa shape index (κ3) is 7.92. The van der Waals surface area contributed by atoms with E-state index in [0.717, 1.165) is 69.8 Å². The Morgan fingerprint density at radius 1 is 0.397 bits per heavy atom. The maximum atomic E-state index is 16.2. The molecule has 320 valence electrons. The third-order valence-corrected chi connectivity index (χ3v) is 12.6. The number of rotatable bonds is 12. The fourth-order valence-corrected chi connectivity index (χ4v) is 8.77. The van der Waals surface area contributed by atoms with Crippen molar-refractivity contribution in [2.75, 3.05) is 9.80 Å². The monoisotopic (exact) mass is 850 g/mol. The van der Waals surface area contributed by atoms with Crippen molar-refractivity contribution in [1.82, 2.24) is 0 Å². The fraction of sp³-hybridized carbons (Fsp3) is 0.200. The largest absolute Gasteiger partial charge is 0.411 e. The second-order valence-corrected chi connectivity index (χ2v) is 16.3. The second-order valence-electron chi connectivity index (χ2n) is 16.3. The lowest BCUT2D eigenvalue weighted by molar-refractivity contribution is -0.288. The molecule has 63 heavy (non-hydrogen) atoms. The first-order chi connectivity index (χ1) is 30.3. The first kappa shape index (κ1) is 43.1. The molecule has 2 unspecified atom stereocenters. The van der Waals surface area contributed by atoms with Gasteiger partial charge in [-0.15, -0.1) is 0 Å². The van der Waals surface area contributed by atoms with Gasteiger partial charge in [0.05, 0.1) is 11.4 Å². The Bertz CT molecular complexity index is 2640. The van der Waals surface area contributed by atoms with Crippen molar-refractivity contribution < 1.29 is 26.3 Å². The Morgan fingerprint density at radius 3 is 1.11 bits per heavy atom. The Kier molecular flexibility index (Phi) is 11.9. The van der Waals surface area contributed by atoms with Crippen molar-refractivity contribution in [3.05, 3.63) is 204 Å². The number of alkyl halides is 6. The summed E-state index contributed by atoms with van der Waals surface area (Å²) in [6.45, 7) is 8.38. The lowest BCUT2D eigenvalue weighted by atomic mass is 9.72. The van der Waals surface area contributed by atoms with E-state index in [0.29, 0.717) is 22.7 Å². The summed E-state index contributed by atoms with van der Waals surface area (Å²) in [5, 5.41) is 3.31. The molecule has 0 saturated heterocycles. The lowest BCUT2D eigenvalue weighted by Gasteiger charge is -2.39. The van der Waals surface area contributed by atoms with Crippen LogP contribution in [0.4, 0.5) is 60.5 Å². The average Bonchev–Trinajstić information content (AvgIpc) is 3.29. The van der Waals surface area contributed by atoms with Gasteiger partial charge in [-0.3, -0.25) is 0 Å². The van der Waals surface area contributed by atoms with Crippen LogP contribution in [0.2, 0.25) is 0 Å². The number of anilines is 6. The number of nitrogens with zero attached hydrogens (tertiary/aromatic N) is 2. The van der Waals surface area contributed by atoms with E-state index >= 15 is 26.3 Å². The maximum absolute atomic E-state index is 16.2. The smallest absolute Gasteiger partial charge is 0.310 e. The normalized spacial score (nSPS) is 13.2. The highest BCUT2D eigenvalue weighted by Gasteiger charge is 2.72. The molecule has 8 aromatic carbocycles. The van der Waals surface area contributed by atoms with E-state index in [1.165, 1.54) is 12.1 Å². The van der Waals surface area contributed by atoms with Crippen LogP contribution in [-0.2, 0) is 5.41 Å². The average molecular weight is 851 g/mol. The zero-order valence-electron chi connectivity index (χ0n) is 35.6. The van der Waals surface area contributed by atoms with Crippen molar-refractivity contribution in [3.63, 3.8) is 0 Å². The summed E-state index contributed by atoms with van der Waals surface area (Å²) in [4.78, 5) is 3.48. The summed E-state index contributed by atoms with van der Waals surface area (Å²) in [7, 11) is 0. The van der Waals surface area contributed by atoms with Gasteiger partial charge in [0.2, 0.25) is 5.41 Å². The van der Waals surface area contributed by atoms with Gasteiger partial charge < -0.3 is 9.80 Å². The highest BCUT2D eigenvalue weighted by Crippen LogP contribution is 2.58. The number of fused-ring (bicyclic) bond motifs is 2. The first-order valence-electron chi connectivity index (χ1n) is 21.4. The Labute approximate surface area is 365 Å². The first-order valence-corrected chi connectivity index (χ1v) is 21.4. The van der Waals surface area contributed by atoms with Crippen molar-refractivity contribution >= 4 is 55.7 Å². The molecule has 2 atom stereocenters. The SMILES string of the molecule is CCC(C)c1ccc(N(c2cccc(C(c3cccc(N(c4ccc(C(C)CC)cc4)c4cccc5ccccc45)c3)(C(F)(F)F)C(F)(F)F)c2)c2cccc3ccccc23)cc1. The molecule has 0 fully saturated rings. The highest BCUT2D eigenvalue weighted by molar-refractivity contribution is 6.00. The van der Waals surface area contributed by atoms with Gasteiger partial charge in [-0.25, -0.2) is 0 Å². The molecule has 0 radical (unpaired) electrons. The molecular formula is C55H48F6N2. The van der Waals surface area contributed by atoms with E-state index in [1.54, 1.807) is 21.9 Å². The Balaban J connectivity index is 1.35. The summed E-state index contributed by atoms with van der Waals surface area (Å²) in [5.74, 6) is 0.507. The predicted molar refractivity (Wildman–Crippen MR) is 248 cm³/mol. The molecule has 0 spiro atoms. The van der Waals surface area contributed by atoms with Crippen LogP contribution in [0.15, 0.2) is 182 Å². The molecule has 0 N–H and O–H groups in total. The molecule has 0 aliphatic heterocycles. The fourth-order valence-electron chi connectivity index (χ4n) is 8.77. The van der Waals surface area contributed by atoms with E-state index < -0.39 is 28.9 Å². The van der Waals surface area contributed by atoms with Gasteiger partial charge >= 0.3 is 12.4 Å². The lowest BCUT2D eigenvalue weighted by Crippen LogP contribution is -2.54. The van der Waals surface area contributed by atoms with E-state index in [-0.39, 0.29) is 23.2 Å². The minimum absolute atomic E-state index is 0.146. The minimum Gasteiger partial charge on any atom is -0.310 e. The van der Waals surface area contributed by atoms with E-state index in [4.69, 9.17) is 0 Å². The summed E-state index contributed by atoms with van der Waals surface area (Å²) in [5.41, 5.74) is -1.49. The van der Waals surface area contributed by atoms with E-state index in [1.807, 2.05) is 133 Å². The van der Waals surface area contributed by atoms with Gasteiger partial charge in [0, 0.05) is 33.5 Å². The maximum Gasteiger partial charge on any atom is 0.411 e. The van der Waals surface area contributed by atoms with Crippen LogP contribution >= 0.6 is 0 Å². The second kappa shape index (κ2) is 17.3. The summed E-state index contributed by atoms with van der Waals surface area (Å²) < 4.78 is 97.1. The van der Waals surface area contributed by atoms with Gasteiger partial charge in [0.1, 0.15) is 0 Å². The molecule has 8 aromatic rings. The van der Waals surface area contributed by atoms with Crippen LogP contribution in [0.5, 0.6) is 0 Å². The van der Waals surface area contributed by atoms with E-state index in [9.17, 15) is 0 Å². The van der Waals surface area contributed by atoms with Gasteiger partial charge in [0.15, 0.2) is 0 Å². The van der Waals surface area contributed by atoms with Crippen molar-refractivity contribution in [3.8, 4) is 0 Å². The number of hydrogen-bond donors (Lipinski definition) is 0. The molecule has 8 heteroatoms. The molecule has 2 nitrogen and oxygen atoms in total. The zero-order chi connectivity index (χ0) is 44.5. The van der Waals surface area contributed by atoms with Crippen LogP contribution in [0.1, 0.15) is 74.6 Å². The van der Waals surface area contributed by atoms with Crippen molar-refractivity contribution in [1.29, 1.82) is 0 Å². The quantitative estimate of drug-likeness (QED) is 0.113. The van der Waals surface area contributed by atoms with Gasteiger partial charge in [0.25, 0.3) is 0 Å². The summed E-state index contributed by atoms with van der Waals surface area (Å²) in [6.07, 6.45) is -9.85. The summed E-state index contributed by atoms with van der Waals surface area (Å²) in [6, 6.07) is 51.4. The standard InChI is InChI=1S/C55H48F6N2/c1-5-37(3)39-27-31-45(32-28-39)62(51-25-11-17-41-15-7-9-23-49(41)51)47-21-13-19-43(35-47)53(54(56,57)58,55(59,60)61)44-20-14-22-48(36-44)63(46-33-29-40(30-34-46)38(4)6-2)52-26-12-18-42-16-8-10-24-50(42)52/h7-38H,5-6H2,1-4H3. The Morgan fingerprint density at radius 2 is 0.746 bits per heavy atom.